The van der Waals surface area contributed by atoms with Crippen LogP contribution in [0.25, 0.3) is 6.08 Å². The van der Waals surface area contributed by atoms with Crippen molar-refractivity contribution in [2.24, 2.45) is 0 Å². The SMILES string of the molecule is O=C(O)C1=Cc2cc(F)c(N3CCC4(CC3)OCCCO4)nc2N(c2ccc(F)cc2F)C1. The number of rotatable bonds is 3. The first-order valence-corrected chi connectivity index (χ1v) is 10.8. The van der Waals surface area contributed by atoms with Gasteiger partial charge in [0.15, 0.2) is 17.4 Å². The summed E-state index contributed by atoms with van der Waals surface area (Å²) in [4.78, 5) is 19.2. The van der Waals surface area contributed by atoms with E-state index in [1.165, 1.54) is 23.1 Å². The molecule has 1 spiro atoms. The Bertz CT molecular complexity index is 1120. The monoisotopic (exact) mass is 461 g/mol. The summed E-state index contributed by atoms with van der Waals surface area (Å²) in [6.07, 6.45) is 3.26. The molecule has 1 N–H and O–H groups in total. The van der Waals surface area contributed by atoms with Crippen molar-refractivity contribution in [1.82, 2.24) is 4.98 Å². The molecule has 0 radical (unpaired) electrons. The number of piperidine rings is 1. The highest BCUT2D eigenvalue weighted by Gasteiger charge is 2.39. The molecule has 0 aliphatic carbocycles. The van der Waals surface area contributed by atoms with E-state index < -0.39 is 29.2 Å². The number of ether oxygens (including phenoxy) is 2. The largest absolute Gasteiger partial charge is 0.478 e. The molecule has 7 nitrogen and oxygen atoms in total. The average Bonchev–Trinajstić information content (AvgIpc) is 2.79. The Kier molecular flexibility index (Phi) is 5.49. The van der Waals surface area contributed by atoms with Crippen molar-refractivity contribution in [2.45, 2.75) is 25.0 Å². The van der Waals surface area contributed by atoms with Gasteiger partial charge in [-0.1, -0.05) is 0 Å². The maximum Gasteiger partial charge on any atom is 0.333 e. The molecule has 3 aliphatic rings. The summed E-state index contributed by atoms with van der Waals surface area (Å²) in [5.74, 6) is -3.83. The van der Waals surface area contributed by atoms with Gasteiger partial charge in [-0.05, 0) is 30.7 Å². The van der Waals surface area contributed by atoms with Gasteiger partial charge in [0.25, 0.3) is 0 Å². The van der Waals surface area contributed by atoms with E-state index in [-0.39, 0.29) is 35.0 Å². The van der Waals surface area contributed by atoms with Crippen molar-refractivity contribution < 1.29 is 32.5 Å². The van der Waals surface area contributed by atoms with E-state index in [0.29, 0.717) is 45.2 Å². The van der Waals surface area contributed by atoms with Crippen molar-refractivity contribution in [3.63, 3.8) is 0 Å². The van der Waals surface area contributed by atoms with Crippen molar-refractivity contribution >= 4 is 29.4 Å². The van der Waals surface area contributed by atoms with Crippen LogP contribution in [0.4, 0.5) is 30.5 Å². The molecular formula is C23H22F3N3O4. The molecule has 0 atom stereocenters. The van der Waals surface area contributed by atoms with E-state index in [1.54, 1.807) is 4.90 Å². The van der Waals surface area contributed by atoms with E-state index >= 15 is 4.39 Å². The number of anilines is 3. The second kappa shape index (κ2) is 8.35. The summed E-state index contributed by atoms with van der Waals surface area (Å²) in [7, 11) is 0. The first-order chi connectivity index (χ1) is 15.8. The molecule has 0 saturated carbocycles. The van der Waals surface area contributed by atoms with E-state index in [4.69, 9.17) is 9.47 Å². The van der Waals surface area contributed by atoms with Gasteiger partial charge in [-0.3, -0.25) is 0 Å². The number of aliphatic carboxylic acids is 1. The number of pyridine rings is 1. The number of hydrogen-bond acceptors (Lipinski definition) is 6. The van der Waals surface area contributed by atoms with Crippen LogP contribution in [0.3, 0.4) is 0 Å². The highest BCUT2D eigenvalue weighted by molar-refractivity contribution is 5.97. The Morgan fingerprint density at radius 1 is 1.03 bits per heavy atom. The highest BCUT2D eigenvalue weighted by atomic mass is 19.1. The number of carbonyl (C=O) groups is 1. The number of carboxylic acid groups (broad SMARTS) is 1. The van der Waals surface area contributed by atoms with Gasteiger partial charge in [-0.15, -0.1) is 0 Å². The van der Waals surface area contributed by atoms with Crippen LogP contribution >= 0.6 is 0 Å². The zero-order chi connectivity index (χ0) is 23.2. The van der Waals surface area contributed by atoms with Crippen LogP contribution in [0.1, 0.15) is 24.8 Å². The van der Waals surface area contributed by atoms with Gasteiger partial charge in [-0.2, -0.15) is 0 Å². The molecule has 2 fully saturated rings. The number of aromatic nitrogens is 1. The topological polar surface area (TPSA) is 75.1 Å². The number of hydrogen-bond donors (Lipinski definition) is 1. The van der Waals surface area contributed by atoms with E-state index in [2.05, 4.69) is 4.98 Å². The third-order valence-corrected chi connectivity index (χ3v) is 6.20. The van der Waals surface area contributed by atoms with Crippen LogP contribution in [0.2, 0.25) is 0 Å². The van der Waals surface area contributed by atoms with E-state index in [0.717, 1.165) is 12.5 Å². The lowest BCUT2D eigenvalue weighted by molar-refractivity contribution is -0.275. The van der Waals surface area contributed by atoms with Crippen molar-refractivity contribution in [1.29, 1.82) is 0 Å². The minimum absolute atomic E-state index is 0.0452. The Labute approximate surface area is 188 Å². The fourth-order valence-corrected chi connectivity index (χ4v) is 4.50. The van der Waals surface area contributed by atoms with Gasteiger partial charge in [0.2, 0.25) is 0 Å². The van der Waals surface area contributed by atoms with Gasteiger partial charge >= 0.3 is 5.97 Å². The summed E-state index contributed by atoms with van der Waals surface area (Å²) >= 11 is 0. The summed E-state index contributed by atoms with van der Waals surface area (Å²) in [6.45, 7) is 1.95. The summed E-state index contributed by atoms with van der Waals surface area (Å²) in [5, 5.41) is 9.50. The van der Waals surface area contributed by atoms with Crippen molar-refractivity contribution in [2.75, 3.05) is 42.6 Å². The first kappa shape index (κ1) is 21.7. The molecule has 5 rings (SSSR count). The summed E-state index contributed by atoms with van der Waals surface area (Å²) in [6, 6.07) is 4.21. The average molecular weight is 461 g/mol. The third-order valence-electron chi connectivity index (χ3n) is 6.20. The molecule has 174 valence electrons. The minimum atomic E-state index is -1.22. The molecular weight excluding hydrogens is 439 g/mol. The van der Waals surface area contributed by atoms with Gasteiger partial charge in [-0.25, -0.2) is 22.9 Å². The Balaban J connectivity index is 1.51. The predicted octanol–water partition coefficient (Wildman–Crippen LogP) is 3.85. The van der Waals surface area contributed by atoms with Crippen molar-refractivity contribution in [3.05, 3.63) is 52.9 Å². The predicted molar refractivity (Wildman–Crippen MR) is 114 cm³/mol. The van der Waals surface area contributed by atoms with E-state index in [9.17, 15) is 18.7 Å². The van der Waals surface area contributed by atoms with Gasteiger partial charge in [0.05, 0.1) is 31.0 Å². The smallest absolute Gasteiger partial charge is 0.333 e. The number of halogens is 3. The molecule has 2 aromatic rings. The second-order valence-electron chi connectivity index (χ2n) is 8.31. The fourth-order valence-electron chi connectivity index (χ4n) is 4.50. The zero-order valence-electron chi connectivity index (χ0n) is 17.7. The van der Waals surface area contributed by atoms with Crippen LogP contribution in [0.5, 0.6) is 0 Å². The highest BCUT2D eigenvalue weighted by Crippen LogP contribution is 2.39. The Morgan fingerprint density at radius 2 is 1.76 bits per heavy atom. The number of carboxylic acids is 1. The Hall–Kier alpha value is -3.11. The fraction of sp³-hybridized carbons (Fsp3) is 0.391. The van der Waals surface area contributed by atoms with Crippen LogP contribution in [0, 0.1) is 17.5 Å². The molecule has 0 unspecified atom stereocenters. The van der Waals surface area contributed by atoms with Gasteiger partial charge < -0.3 is 24.4 Å². The number of nitrogens with zero attached hydrogens (tertiary/aromatic N) is 3. The second-order valence-corrected chi connectivity index (χ2v) is 8.31. The molecule has 0 amide bonds. The Morgan fingerprint density at radius 3 is 2.42 bits per heavy atom. The van der Waals surface area contributed by atoms with Gasteiger partial charge in [0, 0.05) is 37.6 Å². The maximum absolute atomic E-state index is 15.1. The van der Waals surface area contributed by atoms with Crippen molar-refractivity contribution in [3.8, 4) is 0 Å². The van der Waals surface area contributed by atoms with Gasteiger partial charge in [0.1, 0.15) is 17.5 Å². The molecule has 33 heavy (non-hydrogen) atoms. The molecule has 1 aromatic heterocycles. The normalized spacial score (nSPS) is 19.9. The first-order valence-electron chi connectivity index (χ1n) is 10.8. The third kappa shape index (κ3) is 4.04. The quantitative estimate of drug-likeness (QED) is 0.744. The lowest BCUT2D eigenvalue weighted by atomic mass is 10.0. The maximum atomic E-state index is 15.1. The number of fused-ring (bicyclic) bond motifs is 1. The molecule has 10 heteroatoms. The number of benzene rings is 1. The zero-order valence-corrected chi connectivity index (χ0v) is 17.7. The van der Waals surface area contributed by atoms with Crippen LogP contribution < -0.4 is 9.80 Å². The van der Waals surface area contributed by atoms with Crippen LogP contribution in [-0.4, -0.2) is 54.7 Å². The van der Waals surface area contributed by atoms with E-state index in [1.807, 2.05) is 0 Å². The molecule has 3 aliphatic heterocycles. The molecule has 0 bridgehead atoms. The summed E-state index contributed by atoms with van der Waals surface area (Å²) in [5.41, 5.74) is 0.0962. The van der Waals surface area contributed by atoms with Crippen LogP contribution in [0.15, 0.2) is 29.8 Å². The summed E-state index contributed by atoms with van der Waals surface area (Å²) < 4.78 is 54.8. The molecule has 1 aromatic carbocycles. The lowest BCUT2D eigenvalue weighted by Crippen LogP contribution is -2.50. The molecule has 2 saturated heterocycles. The molecule has 4 heterocycles. The lowest BCUT2D eigenvalue weighted by Gasteiger charge is -2.44. The van der Waals surface area contributed by atoms with Crippen LogP contribution in [-0.2, 0) is 14.3 Å². The standard InChI is InChI=1S/C23H22F3N3O4/c24-16-2-3-19(17(25)12-16)29-13-15(22(30)31)10-14-11-18(26)21(27-20(14)29)28-6-4-23(5-7-28)32-8-1-9-33-23/h2-3,10-12H,1,4-9,13H2,(H,30,31). The minimum Gasteiger partial charge on any atom is -0.478 e.